The summed E-state index contributed by atoms with van der Waals surface area (Å²) in [5.74, 6) is -0.868. The number of nitrogens with one attached hydrogen (secondary N) is 2. The molecule has 0 bridgehead atoms. The largest absolute Gasteiger partial charge is 0.471 e. The molecular weight excluding hydrogens is 283 g/mol. The monoisotopic (exact) mass is 294 g/mol. The van der Waals surface area contributed by atoms with Crippen molar-refractivity contribution < 1.29 is 9.13 Å². The molecular formula is C13H12ClFN4O. The highest BCUT2D eigenvalue weighted by atomic mass is 35.5. The molecule has 0 radical (unpaired) electrons. The van der Waals surface area contributed by atoms with Crippen molar-refractivity contribution in [2.24, 2.45) is 0 Å². The lowest BCUT2D eigenvalue weighted by atomic mass is 10.1. The zero-order valence-electron chi connectivity index (χ0n) is 10.7. The van der Waals surface area contributed by atoms with Crippen LogP contribution < -0.4 is 10.1 Å². The van der Waals surface area contributed by atoms with Crippen LogP contribution in [0.2, 0.25) is 5.28 Å². The molecule has 0 spiro atoms. The molecule has 0 atom stereocenters. The third kappa shape index (κ3) is 3.21. The number of benzene rings is 1. The average molecular weight is 295 g/mol. The molecule has 0 aliphatic heterocycles. The lowest BCUT2D eigenvalue weighted by molar-refractivity contribution is 0.276. The quantitative estimate of drug-likeness (QED) is 0.657. The van der Waals surface area contributed by atoms with Crippen LogP contribution in [0, 0.1) is 11.2 Å². The van der Waals surface area contributed by atoms with E-state index in [0.717, 1.165) is 23.0 Å². The highest BCUT2D eigenvalue weighted by Crippen LogP contribution is 2.19. The molecule has 104 valence electrons. The first-order valence-electron chi connectivity index (χ1n) is 5.76. The second-order valence-corrected chi connectivity index (χ2v) is 4.23. The van der Waals surface area contributed by atoms with Crippen LogP contribution in [-0.4, -0.2) is 23.2 Å². The van der Waals surface area contributed by atoms with Gasteiger partial charge < -0.3 is 15.5 Å². The van der Waals surface area contributed by atoms with Crippen LogP contribution in [0.5, 0.6) is 5.88 Å². The highest BCUT2D eigenvalue weighted by Gasteiger charge is 2.08. The van der Waals surface area contributed by atoms with E-state index >= 15 is 0 Å². The molecule has 1 aromatic heterocycles. The third-order valence-corrected chi connectivity index (χ3v) is 2.78. The summed E-state index contributed by atoms with van der Waals surface area (Å²) in [5.41, 5.74) is 2.34. The molecule has 0 fully saturated rings. The Bertz CT molecular complexity index is 636. The molecule has 5 nitrogen and oxygen atoms in total. The van der Waals surface area contributed by atoms with Gasteiger partial charge in [0.05, 0.1) is 6.20 Å². The molecule has 0 saturated heterocycles. The van der Waals surface area contributed by atoms with Gasteiger partial charge in [0.25, 0.3) is 5.88 Å². The third-order valence-electron chi connectivity index (χ3n) is 2.60. The smallest absolute Gasteiger partial charge is 0.255 e. The molecule has 0 amide bonds. The van der Waals surface area contributed by atoms with E-state index < -0.39 is 5.82 Å². The Kier molecular flexibility index (Phi) is 4.47. The van der Waals surface area contributed by atoms with Gasteiger partial charge in [-0.25, -0.2) is 4.98 Å². The minimum Gasteiger partial charge on any atom is -0.471 e. The summed E-state index contributed by atoms with van der Waals surface area (Å²) < 4.78 is 18.7. The predicted octanol–water partition coefficient (Wildman–Crippen LogP) is 2.89. The molecule has 0 aliphatic carbocycles. The SMILES string of the molecule is CNc1ccc(COc2nc(Cl)ncc2F)cc1C=N. The van der Waals surface area contributed by atoms with Gasteiger partial charge >= 0.3 is 0 Å². The Morgan fingerprint density at radius 1 is 1.50 bits per heavy atom. The van der Waals surface area contributed by atoms with Crippen molar-refractivity contribution in [1.82, 2.24) is 9.97 Å². The van der Waals surface area contributed by atoms with Crippen molar-refractivity contribution in [3.05, 3.63) is 46.6 Å². The first kappa shape index (κ1) is 14.2. The number of rotatable bonds is 5. The van der Waals surface area contributed by atoms with E-state index in [4.69, 9.17) is 21.7 Å². The molecule has 0 saturated carbocycles. The minimum atomic E-state index is -0.673. The second-order valence-electron chi connectivity index (χ2n) is 3.90. The van der Waals surface area contributed by atoms with Crippen LogP contribution in [0.15, 0.2) is 24.4 Å². The fraction of sp³-hybridized carbons (Fsp3) is 0.154. The molecule has 0 unspecified atom stereocenters. The lowest BCUT2D eigenvalue weighted by Gasteiger charge is -2.09. The highest BCUT2D eigenvalue weighted by molar-refractivity contribution is 6.28. The minimum absolute atomic E-state index is 0.0767. The van der Waals surface area contributed by atoms with Gasteiger partial charge in [0, 0.05) is 24.5 Å². The van der Waals surface area contributed by atoms with Gasteiger partial charge in [-0.05, 0) is 29.3 Å². The van der Waals surface area contributed by atoms with Gasteiger partial charge in [0.2, 0.25) is 11.1 Å². The van der Waals surface area contributed by atoms with Crippen molar-refractivity contribution >= 4 is 23.5 Å². The Morgan fingerprint density at radius 2 is 2.30 bits per heavy atom. The molecule has 2 N–H and O–H groups in total. The fourth-order valence-corrected chi connectivity index (χ4v) is 1.76. The van der Waals surface area contributed by atoms with Crippen molar-refractivity contribution in [2.45, 2.75) is 6.61 Å². The standard InChI is InChI=1S/C13H12ClFN4O/c1-17-11-3-2-8(4-9(11)5-16)7-20-12-10(15)6-18-13(14)19-12/h2-6,16-17H,7H2,1H3. The zero-order valence-corrected chi connectivity index (χ0v) is 11.4. The van der Waals surface area contributed by atoms with Crippen molar-refractivity contribution in [2.75, 3.05) is 12.4 Å². The maximum atomic E-state index is 13.4. The topological polar surface area (TPSA) is 70.9 Å². The first-order valence-corrected chi connectivity index (χ1v) is 6.14. The number of anilines is 1. The Hall–Kier alpha value is -2.21. The normalized spacial score (nSPS) is 10.2. The van der Waals surface area contributed by atoms with E-state index in [1.165, 1.54) is 6.21 Å². The number of nitrogens with zero attached hydrogens (tertiary/aromatic N) is 2. The van der Waals surface area contributed by atoms with Crippen LogP contribution in [-0.2, 0) is 6.61 Å². The molecule has 2 rings (SSSR count). The van der Waals surface area contributed by atoms with Crippen LogP contribution in [0.4, 0.5) is 10.1 Å². The van der Waals surface area contributed by atoms with E-state index in [2.05, 4.69) is 15.3 Å². The van der Waals surface area contributed by atoms with Crippen LogP contribution in [0.25, 0.3) is 0 Å². The number of hydrogen-bond donors (Lipinski definition) is 2. The maximum absolute atomic E-state index is 13.4. The zero-order chi connectivity index (χ0) is 14.5. The molecule has 2 aromatic rings. The summed E-state index contributed by atoms with van der Waals surface area (Å²) in [4.78, 5) is 7.17. The summed E-state index contributed by atoms with van der Waals surface area (Å²) in [5, 5.41) is 10.2. The van der Waals surface area contributed by atoms with Gasteiger partial charge in [-0.1, -0.05) is 6.07 Å². The lowest BCUT2D eigenvalue weighted by Crippen LogP contribution is -2.02. The Labute approximate surface area is 120 Å². The summed E-state index contributed by atoms with van der Waals surface area (Å²) in [6.07, 6.45) is 2.19. The van der Waals surface area contributed by atoms with E-state index in [1.54, 1.807) is 13.1 Å². The van der Waals surface area contributed by atoms with Crippen LogP contribution in [0.1, 0.15) is 11.1 Å². The van der Waals surface area contributed by atoms with Crippen molar-refractivity contribution in [3.8, 4) is 5.88 Å². The van der Waals surface area contributed by atoms with E-state index in [9.17, 15) is 4.39 Å². The van der Waals surface area contributed by atoms with Gasteiger partial charge in [-0.2, -0.15) is 9.37 Å². The predicted molar refractivity (Wildman–Crippen MR) is 75.2 cm³/mol. The van der Waals surface area contributed by atoms with Gasteiger partial charge in [-0.15, -0.1) is 0 Å². The summed E-state index contributed by atoms with van der Waals surface area (Å²) >= 11 is 5.58. The van der Waals surface area contributed by atoms with Crippen LogP contribution in [0.3, 0.4) is 0 Å². The van der Waals surface area contributed by atoms with Crippen molar-refractivity contribution in [1.29, 1.82) is 5.41 Å². The number of halogens is 2. The summed E-state index contributed by atoms with van der Waals surface area (Å²) in [6.45, 7) is 0.120. The second kappa shape index (κ2) is 6.29. The van der Waals surface area contributed by atoms with Crippen molar-refractivity contribution in [3.63, 3.8) is 0 Å². The summed E-state index contributed by atoms with van der Waals surface area (Å²) in [6, 6.07) is 5.42. The van der Waals surface area contributed by atoms with Gasteiger partial charge in [0.1, 0.15) is 6.61 Å². The van der Waals surface area contributed by atoms with E-state index in [0.29, 0.717) is 0 Å². The molecule has 7 heteroatoms. The molecule has 1 aromatic carbocycles. The molecule has 1 heterocycles. The first-order chi connectivity index (χ1) is 9.63. The Morgan fingerprint density at radius 3 is 3.00 bits per heavy atom. The molecule has 0 aliphatic rings. The molecule has 20 heavy (non-hydrogen) atoms. The number of aromatic nitrogens is 2. The van der Waals surface area contributed by atoms with Crippen LogP contribution >= 0.6 is 11.6 Å². The summed E-state index contributed by atoms with van der Waals surface area (Å²) in [7, 11) is 1.77. The average Bonchev–Trinajstić information content (AvgIpc) is 2.47. The van der Waals surface area contributed by atoms with E-state index in [-0.39, 0.29) is 17.8 Å². The van der Waals surface area contributed by atoms with Gasteiger partial charge in [-0.3, -0.25) is 0 Å². The van der Waals surface area contributed by atoms with E-state index in [1.807, 2.05) is 12.1 Å². The number of hydrogen-bond acceptors (Lipinski definition) is 5. The Balaban J connectivity index is 2.14. The fourth-order valence-electron chi connectivity index (χ4n) is 1.63. The van der Waals surface area contributed by atoms with Gasteiger partial charge in [0.15, 0.2) is 0 Å². The maximum Gasteiger partial charge on any atom is 0.255 e. The number of ether oxygens (including phenoxy) is 1.